The Hall–Kier alpha value is -2.17. The molecule has 2 atom stereocenters. The highest BCUT2D eigenvalue weighted by Gasteiger charge is 2.34. The lowest BCUT2D eigenvalue weighted by Gasteiger charge is -2.40. The summed E-state index contributed by atoms with van der Waals surface area (Å²) in [5, 5.41) is 4.25. The van der Waals surface area contributed by atoms with Crippen LogP contribution in [-0.4, -0.2) is 26.6 Å². The second-order valence-electron chi connectivity index (χ2n) is 6.09. The lowest BCUT2D eigenvalue weighted by molar-refractivity contribution is 0.0579. The molecule has 0 saturated carbocycles. The molecule has 1 aromatic heterocycles. The average molecular weight is 301 g/mol. The van der Waals surface area contributed by atoms with Crippen LogP contribution in [0, 0.1) is 12.7 Å². The molecular weight excluding hydrogens is 281 g/mol. The molecule has 0 aliphatic carbocycles. The Labute approximate surface area is 129 Å². The highest BCUT2D eigenvalue weighted by Crippen LogP contribution is 2.34. The number of amides is 1. The van der Waals surface area contributed by atoms with Crippen LogP contribution in [0.5, 0.6) is 0 Å². The van der Waals surface area contributed by atoms with Gasteiger partial charge in [-0.05, 0) is 50.5 Å². The molecule has 0 fully saturated rings. The molecule has 0 saturated heterocycles. The monoisotopic (exact) mass is 301 g/mol. The maximum atomic E-state index is 13.4. The molecule has 2 unspecified atom stereocenters. The second kappa shape index (κ2) is 5.23. The number of aryl methyl sites for hydroxylation is 2. The first-order valence-corrected chi connectivity index (χ1v) is 7.49. The molecule has 116 valence electrons. The smallest absolute Gasteiger partial charge is 0.258 e. The van der Waals surface area contributed by atoms with E-state index < -0.39 is 0 Å². The van der Waals surface area contributed by atoms with Crippen molar-refractivity contribution >= 4 is 5.91 Å². The molecule has 2 heterocycles. The number of benzene rings is 1. The minimum atomic E-state index is -0.221. The van der Waals surface area contributed by atoms with E-state index in [1.54, 1.807) is 23.0 Å². The average Bonchev–Trinajstić information content (AvgIpc) is 2.77. The molecule has 0 spiro atoms. The normalized spacial score (nSPS) is 20.9. The molecule has 1 amide bonds. The molecule has 1 aliphatic rings. The van der Waals surface area contributed by atoms with Crippen molar-refractivity contribution in [2.45, 2.75) is 39.3 Å². The first-order valence-electron chi connectivity index (χ1n) is 7.49. The van der Waals surface area contributed by atoms with Gasteiger partial charge < -0.3 is 4.90 Å². The Kier molecular flexibility index (Phi) is 3.51. The molecule has 0 radical (unpaired) electrons. The highest BCUT2D eigenvalue weighted by atomic mass is 19.1. The number of rotatable bonds is 1. The van der Waals surface area contributed by atoms with E-state index in [4.69, 9.17) is 0 Å². The van der Waals surface area contributed by atoms with Gasteiger partial charge in [0.15, 0.2) is 0 Å². The number of halogens is 1. The fourth-order valence-corrected chi connectivity index (χ4v) is 3.43. The summed E-state index contributed by atoms with van der Waals surface area (Å²) in [4.78, 5) is 14.8. The topological polar surface area (TPSA) is 38.1 Å². The van der Waals surface area contributed by atoms with Crippen molar-refractivity contribution < 1.29 is 9.18 Å². The van der Waals surface area contributed by atoms with Gasteiger partial charge in [0, 0.05) is 19.3 Å². The van der Waals surface area contributed by atoms with Crippen LogP contribution in [-0.2, 0) is 13.5 Å². The SMILES string of the molecule is Cc1nn(C)cc1C(=O)N1C(C)Cc2cc(F)ccc2C1C. The summed E-state index contributed by atoms with van der Waals surface area (Å²) in [5.41, 5.74) is 3.38. The van der Waals surface area contributed by atoms with Gasteiger partial charge >= 0.3 is 0 Å². The first-order chi connectivity index (χ1) is 10.4. The number of carbonyl (C=O) groups excluding carboxylic acids is 1. The summed E-state index contributed by atoms with van der Waals surface area (Å²) in [6.07, 6.45) is 2.43. The van der Waals surface area contributed by atoms with Crippen molar-refractivity contribution in [2.24, 2.45) is 7.05 Å². The maximum Gasteiger partial charge on any atom is 0.258 e. The molecular formula is C17H20FN3O. The van der Waals surface area contributed by atoms with Crippen molar-refractivity contribution in [1.82, 2.24) is 14.7 Å². The fourth-order valence-electron chi connectivity index (χ4n) is 3.43. The zero-order valence-corrected chi connectivity index (χ0v) is 13.3. The van der Waals surface area contributed by atoms with Crippen molar-refractivity contribution in [3.63, 3.8) is 0 Å². The van der Waals surface area contributed by atoms with E-state index in [2.05, 4.69) is 5.10 Å². The molecule has 5 heteroatoms. The summed E-state index contributed by atoms with van der Waals surface area (Å²) in [5.74, 6) is -0.235. The van der Waals surface area contributed by atoms with Gasteiger partial charge in [0.1, 0.15) is 5.82 Å². The number of carbonyl (C=O) groups is 1. The van der Waals surface area contributed by atoms with E-state index in [1.807, 2.05) is 32.7 Å². The van der Waals surface area contributed by atoms with Crippen LogP contribution < -0.4 is 0 Å². The molecule has 0 bridgehead atoms. The van der Waals surface area contributed by atoms with E-state index >= 15 is 0 Å². The number of hydrogen-bond donors (Lipinski definition) is 0. The third-order valence-electron chi connectivity index (χ3n) is 4.44. The Morgan fingerprint density at radius 2 is 2.09 bits per heavy atom. The third-order valence-corrected chi connectivity index (χ3v) is 4.44. The molecule has 1 aromatic carbocycles. The summed E-state index contributed by atoms with van der Waals surface area (Å²) in [6, 6.07) is 4.78. The molecule has 1 aliphatic heterocycles. The number of hydrogen-bond acceptors (Lipinski definition) is 2. The Bertz CT molecular complexity index is 738. The summed E-state index contributed by atoms with van der Waals surface area (Å²) in [7, 11) is 1.81. The predicted octanol–water partition coefficient (Wildman–Crippen LogP) is 3.02. The summed E-state index contributed by atoms with van der Waals surface area (Å²) < 4.78 is 15.1. The minimum absolute atomic E-state index is 0.0134. The zero-order chi connectivity index (χ0) is 16.0. The quantitative estimate of drug-likeness (QED) is 0.812. The third kappa shape index (κ3) is 2.30. The largest absolute Gasteiger partial charge is 0.329 e. The van der Waals surface area contributed by atoms with Crippen LogP contribution in [0.3, 0.4) is 0 Å². The molecule has 4 nitrogen and oxygen atoms in total. The fraction of sp³-hybridized carbons (Fsp3) is 0.412. The van der Waals surface area contributed by atoms with Crippen molar-refractivity contribution in [2.75, 3.05) is 0 Å². The van der Waals surface area contributed by atoms with Crippen molar-refractivity contribution in [3.05, 3.63) is 52.6 Å². The lowest BCUT2D eigenvalue weighted by Crippen LogP contribution is -2.45. The van der Waals surface area contributed by atoms with E-state index in [9.17, 15) is 9.18 Å². The van der Waals surface area contributed by atoms with Crippen LogP contribution in [0.4, 0.5) is 4.39 Å². The highest BCUT2D eigenvalue weighted by molar-refractivity contribution is 5.95. The van der Waals surface area contributed by atoms with Crippen LogP contribution >= 0.6 is 0 Å². The molecule has 0 N–H and O–H groups in total. The van der Waals surface area contributed by atoms with Crippen LogP contribution in [0.25, 0.3) is 0 Å². The first kappa shape index (κ1) is 14.8. The number of fused-ring (bicyclic) bond motifs is 1. The molecule has 3 rings (SSSR count). The molecule has 22 heavy (non-hydrogen) atoms. The van der Waals surface area contributed by atoms with Crippen LogP contribution in [0.2, 0.25) is 0 Å². The van der Waals surface area contributed by atoms with Gasteiger partial charge in [-0.3, -0.25) is 9.48 Å². The minimum Gasteiger partial charge on any atom is -0.329 e. The van der Waals surface area contributed by atoms with Gasteiger partial charge in [0.05, 0.1) is 17.3 Å². The van der Waals surface area contributed by atoms with Gasteiger partial charge in [-0.25, -0.2) is 4.39 Å². The van der Waals surface area contributed by atoms with Gasteiger partial charge in [-0.15, -0.1) is 0 Å². The molecule has 2 aromatic rings. The van der Waals surface area contributed by atoms with Gasteiger partial charge in [-0.1, -0.05) is 6.07 Å². The van der Waals surface area contributed by atoms with E-state index in [0.717, 1.165) is 16.8 Å². The van der Waals surface area contributed by atoms with Crippen LogP contribution in [0.1, 0.15) is 47.1 Å². The van der Waals surface area contributed by atoms with Gasteiger partial charge in [0.2, 0.25) is 0 Å². The number of nitrogens with zero attached hydrogens (tertiary/aromatic N) is 3. The van der Waals surface area contributed by atoms with Gasteiger partial charge in [0.25, 0.3) is 5.91 Å². The Morgan fingerprint density at radius 3 is 2.73 bits per heavy atom. The van der Waals surface area contributed by atoms with Gasteiger partial charge in [-0.2, -0.15) is 5.10 Å². The predicted molar refractivity (Wildman–Crippen MR) is 82.1 cm³/mol. The Balaban J connectivity index is 1.99. The maximum absolute atomic E-state index is 13.4. The zero-order valence-electron chi connectivity index (χ0n) is 13.3. The van der Waals surface area contributed by atoms with Crippen molar-refractivity contribution in [1.29, 1.82) is 0 Å². The Morgan fingerprint density at radius 1 is 1.36 bits per heavy atom. The second-order valence-corrected chi connectivity index (χ2v) is 6.09. The summed E-state index contributed by atoms with van der Waals surface area (Å²) in [6.45, 7) is 5.85. The number of aromatic nitrogens is 2. The van der Waals surface area contributed by atoms with E-state index in [0.29, 0.717) is 12.0 Å². The van der Waals surface area contributed by atoms with Crippen molar-refractivity contribution in [3.8, 4) is 0 Å². The standard InChI is InChI=1S/C17H20FN3O/c1-10-7-13-8-14(18)5-6-15(13)12(3)21(10)17(22)16-9-20(4)19-11(16)2/h5-6,8-10,12H,7H2,1-4H3. The van der Waals surface area contributed by atoms with Crippen LogP contribution in [0.15, 0.2) is 24.4 Å². The lowest BCUT2D eigenvalue weighted by atomic mass is 9.89. The van der Waals surface area contributed by atoms with E-state index in [1.165, 1.54) is 6.07 Å². The van der Waals surface area contributed by atoms with E-state index in [-0.39, 0.29) is 23.8 Å². The summed E-state index contributed by atoms with van der Waals surface area (Å²) >= 11 is 0.